The number of furan rings is 2. The zero-order chi connectivity index (χ0) is 37.3. The second-order valence-electron chi connectivity index (χ2n) is 15.5. The van der Waals surface area contributed by atoms with Crippen LogP contribution in [0.5, 0.6) is 0 Å². The SMILES string of the molecule is CCC(C)(CC)C(=O)/C=C(\O)C(C)(CC)CC.Cc1coc2ccc(-c3oc4c(-c5[c-]c6ccccc6c(C(C)(C)C)c5)nccc4c3C)cc12.[Ir]. The number of nitrogens with zero attached hydrogens (tertiary/aromatic N) is 1. The van der Waals surface area contributed by atoms with E-state index in [1.807, 2.05) is 59.9 Å². The van der Waals surface area contributed by atoms with Gasteiger partial charge in [0.05, 0.1) is 6.26 Å². The molecule has 277 valence electrons. The van der Waals surface area contributed by atoms with Crippen LogP contribution in [-0.2, 0) is 30.3 Å². The summed E-state index contributed by atoms with van der Waals surface area (Å²) in [5.74, 6) is 1.15. The van der Waals surface area contributed by atoms with Crippen LogP contribution in [0, 0.1) is 30.7 Å². The van der Waals surface area contributed by atoms with Gasteiger partial charge in [-0.05, 0) is 74.8 Å². The van der Waals surface area contributed by atoms with Gasteiger partial charge in [-0.2, -0.15) is 0 Å². The average Bonchev–Trinajstić information content (AvgIpc) is 3.68. The van der Waals surface area contributed by atoms with Crippen molar-refractivity contribution in [3.05, 3.63) is 102 Å². The standard InChI is InChI=1S/C31H26NO2.C15H28O2.Ir/c1-18-17-33-27-11-10-21(15-25(18)27)29-19(2)23-12-13-32-28(30(23)34-29)22-14-20-8-6-7-9-24(20)26(16-22)31(3,4)5;1-7-14(5,8-2)12(16)11-13(17)15(6,9-3)10-4;/h6-13,15-17H,1-5H3;11,16H,7-10H2,1-6H3;/q-1;;/b;12-11-;. The van der Waals surface area contributed by atoms with Gasteiger partial charge < -0.3 is 13.9 Å². The van der Waals surface area contributed by atoms with Crippen molar-refractivity contribution in [2.24, 2.45) is 10.8 Å². The third kappa shape index (κ3) is 7.84. The number of fused-ring (bicyclic) bond motifs is 3. The van der Waals surface area contributed by atoms with E-state index in [2.05, 4.69) is 83.1 Å². The normalized spacial score (nSPS) is 12.6. The molecular weight excluding hydrogens is 823 g/mol. The van der Waals surface area contributed by atoms with Crippen molar-refractivity contribution in [1.82, 2.24) is 4.98 Å². The molecule has 0 amide bonds. The van der Waals surface area contributed by atoms with Gasteiger partial charge in [-0.1, -0.05) is 91.5 Å². The first-order valence-corrected chi connectivity index (χ1v) is 18.4. The van der Waals surface area contributed by atoms with Gasteiger partial charge in [-0.25, -0.2) is 0 Å². The fraction of sp³-hybridized carbons (Fsp3) is 0.391. The first-order chi connectivity index (χ1) is 24.1. The van der Waals surface area contributed by atoms with Crippen molar-refractivity contribution in [3.8, 4) is 22.6 Å². The molecule has 0 aliphatic carbocycles. The maximum Gasteiger partial charge on any atom is 0.164 e. The van der Waals surface area contributed by atoms with E-state index in [0.29, 0.717) is 0 Å². The van der Waals surface area contributed by atoms with Gasteiger partial charge in [0, 0.05) is 70.8 Å². The number of carbonyl (C=O) groups is 1. The summed E-state index contributed by atoms with van der Waals surface area (Å²) in [6, 6.07) is 22.5. The number of aryl methyl sites for hydroxylation is 2. The number of hydrogen-bond donors (Lipinski definition) is 1. The van der Waals surface area contributed by atoms with E-state index in [1.54, 1.807) is 6.26 Å². The molecule has 6 aromatic rings. The molecule has 3 aromatic heterocycles. The number of aliphatic hydroxyl groups excluding tert-OH is 1. The second kappa shape index (κ2) is 15.9. The summed E-state index contributed by atoms with van der Waals surface area (Å²) in [7, 11) is 0. The number of ketones is 1. The molecule has 1 N–H and O–H groups in total. The molecule has 0 aliphatic rings. The van der Waals surface area contributed by atoms with Crippen LogP contribution in [-0.4, -0.2) is 15.9 Å². The van der Waals surface area contributed by atoms with Gasteiger partial charge in [-0.3, -0.25) is 9.78 Å². The number of allylic oxidation sites excluding steroid dienone is 2. The minimum Gasteiger partial charge on any atom is -0.512 e. The molecule has 0 atom stereocenters. The Kier molecular flexibility index (Phi) is 12.5. The molecule has 6 rings (SSSR count). The number of rotatable bonds is 9. The average molecular weight is 877 g/mol. The largest absolute Gasteiger partial charge is 0.512 e. The van der Waals surface area contributed by atoms with E-state index in [4.69, 9.17) is 13.8 Å². The van der Waals surface area contributed by atoms with Gasteiger partial charge >= 0.3 is 0 Å². The molecule has 1 radical (unpaired) electrons. The summed E-state index contributed by atoms with van der Waals surface area (Å²) in [5.41, 5.74) is 7.38. The quantitative estimate of drug-likeness (QED) is 0.0889. The predicted octanol–water partition coefficient (Wildman–Crippen LogP) is 13.4. The molecule has 5 nitrogen and oxygen atoms in total. The molecule has 3 heterocycles. The van der Waals surface area contributed by atoms with E-state index < -0.39 is 0 Å². The molecule has 0 saturated carbocycles. The maximum atomic E-state index is 12.2. The van der Waals surface area contributed by atoms with Gasteiger partial charge in [0.2, 0.25) is 0 Å². The van der Waals surface area contributed by atoms with Crippen LogP contribution in [0.3, 0.4) is 0 Å². The Morgan fingerprint density at radius 2 is 1.50 bits per heavy atom. The zero-order valence-electron chi connectivity index (χ0n) is 32.7. The molecule has 0 unspecified atom stereocenters. The Hall–Kier alpha value is -3.99. The van der Waals surface area contributed by atoms with Crippen molar-refractivity contribution < 1.29 is 38.8 Å². The molecule has 0 bridgehead atoms. The van der Waals surface area contributed by atoms with Crippen molar-refractivity contribution in [3.63, 3.8) is 0 Å². The second-order valence-corrected chi connectivity index (χ2v) is 15.5. The van der Waals surface area contributed by atoms with Crippen molar-refractivity contribution >= 4 is 38.5 Å². The van der Waals surface area contributed by atoms with Crippen molar-refractivity contribution in [2.45, 2.75) is 107 Å². The van der Waals surface area contributed by atoms with E-state index >= 15 is 0 Å². The van der Waals surface area contributed by atoms with Gasteiger partial charge in [0.25, 0.3) is 0 Å². The van der Waals surface area contributed by atoms with Crippen LogP contribution >= 0.6 is 0 Å². The number of hydrogen-bond acceptors (Lipinski definition) is 5. The first kappa shape index (κ1) is 40.8. The smallest absolute Gasteiger partial charge is 0.164 e. The molecule has 6 heteroatoms. The number of benzene rings is 3. The summed E-state index contributed by atoms with van der Waals surface area (Å²) >= 11 is 0. The van der Waals surface area contributed by atoms with Crippen molar-refractivity contribution in [2.75, 3.05) is 0 Å². The number of carbonyl (C=O) groups excluding carboxylic acids is 1. The Morgan fingerprint density at radius 1 is 0.846 bits per heavy atom. The van der Waals surface area contributed by atoms with E-state index in [0.717, 1.165) is 86.7 Å². The summed E-state index contributed by atoms with van der Waals surface area (Å²) in [4.78, 5) is 17.0. The monoisotopic (exact) mass is 877 g/mol. The Balaban J connectivity index is 0.000000289. The van der Waals surface area contributed by atoms with Crippen LogP contribution in [0.2, 0.25) is 0 Å². The Labute approximate surface area is 323 Å². The maximum absolute atomic E-state index is 12.2. The van der Waals surface area contributed by atoms with Gasteiger partial charge in [0.1, 0.15) is 22.7 Å². The van der Waals surface area contributed by atoms with Crippen LogP contribution in [0.25, 0.3) is 55.3 Å². The van der Waals surface area contributed by atoms with Gasteiger partial charge in [0.15, 0.2) is 5.78 Å². The number of aromatic nitrogens is 1. The van der Waals surface area contributed by atoms with Gasteiger partial charge in [-0.15, -0.1) is 29.1 Å². The molecule has 3 aromatic carbocycles. The summed E-state index contributed by atoms with van der Waals surface area (Å²) in [6.45, 7) is 23.0. The fourth-order valence-electron chi connectivity index (χ4n) is 6.57. The summed E-state index contributed by atoms with van der Waals surface area (Å²) in [5, 5.41) is 14.6. The minimum atomic E-state index is -0.337. The molecule has 0 saturated heterocycles. The van der Waals surface area contributed by atoms with Crippen LogP contribution in [0.1, 0.15) is 105 Å². The molecule has 0 aliphatic heterocycles. The van der Waals surface area contributed by atoms with E-state index in [9.17, 15) is 9.90 Å². The first-order valence-electron chi connectivity index (χ1n) is 18.4. The molecule has 0 spiro atoms. The van der Waals surface area contributed by atoms with Crippen LogP contribution in [0.15, 0.2) is 87.7 Å². The summed E-state index contributed by atoms with van der Waals surface area (Å²) in [6.07, 6.45) is 8.42. The topological polar surface area (TPSA) is 76.5 Å². The fourth-order valence-corrected chi connectivity index (χ4v) is 6.57. The minimum absolute atomic E-state index is 0. The van der Waals surface area contributed by atoms with E-state index in [1.165, 1.54) is 17.0 Å². The Morgan fingerprint density at radius 3 is 2.13 bits per heavy atom. The predicted molar refractivity (Wildman–Crippen MR) is 212 cm³/mol. The molecule has 52 heavy (non-hydrogen) atoms. The van der Waals surface area contributed by atoms with Crippen LogP contribution < -0.4 is 0 Å². The third-order valence-electron chi connectivity index (χ3n) is 11.3. The summed E-state index contributed by atoms with van der Waals surface area (Å²) < 4.78 is 12.2. The molecule has 0 fully saturated rings. The van der Waals surface area contributed by atoms with E-state index in [-0.39, 0.29) is 47.9 Å². The third-order valence-corrected chi connectivity index (χ3v) is 11.3. The van der Waals surface area contributed by atoms with Crippen LogP contribution in [0.4, 0.5) is 0 Å². The molecular formula is C46H54IrNO4-. The Bertz CT molecular complexity index is 2220. The number of pyridine rings is 1. The van der Waals surface area contributed by atoms with Crippen molar-refractivity contribution in [1.29, 1.82) is 0 Å². The number of aliphatic hydroxyl groups is 1. The zero-order valence-corrected chi connectivity index (χ0v) is 35.1.